The van der Waals surface area contributed by atoms with Crippen LogP contribution in [0.2, 0.25) is 0 Å². The minimum atomic E-state index is -4.28. The van der Waals surface area contributed by atoms with Crippen molar-refractivity contribution >= 4 is 17.5 Å². The van der Waals surface area contributed by atoms with Gasteiger partial charge in [-0.1, -0.05) is 19.1 Å². The van der Waals surface area contributed by atoms with E-state index in [-0.39, 0.29) is 49.2 Å². The Labute approximate surface area is 251 Å². The predicted molar refractivity (Wildman–Crippen MR) is 149 cm³/mol. The Kier molecular flexibility index (Phi) is 7.89. The van der Waals surface area contributed by atoms with Crippen molar-refractivity contribution in [2.45, 2.75) is 56.2 Å². The Hall–Kier alpha value is -3.46. The molecule has 1 aromatic carbocycles. The first-order valence-corrected chi connectivity index (χ1v) is 14.3. The number of nitrogens with two attached hydrogens (primary N) is 1. The topological polar surface area (TPSA) is 174 Å². The van der Waals surface area contributed by atoms with Gasteiger partial charge in [-0.05, 0) is 51.5 Å². The minimum absolute atomic E-state index is 0.0710. The highest BCUT2D eigenvalue weighted by Crippen LogP contribution is 2.56. The zero-order valence-corrected chi connectivity index (χ0v) is 24.7. The van der Waals surface area contributed by atoms with Crippen molar-refractivity contribution in [2.75, 3.05) is 34.3 Å². The molecule has 5 rings (SSSR count). The Morgan fingerprint density at radius 2 is 1.77 bits per heavy atom. The second-order valence-electron chi connectivity index (χ2n) is 12.4. The monoisotopic (exact) mass is 623 g/mol. The van der Waals surface area contributed by atoms with E-state index in [4.69, 9.17) is 10.5 Å². The van der Waals surface area contributed by atoms with Crippen LogP contribution in [0.4, 0.5) is 13.2 Å². The molecule has 2 unspecified atom stereocenters. The summed E-state index contributed by atoms with van der Waals surface area (Å²) in [6.07, 6.45) is -5.62. The maximum atomic E-state index is 14.1. The predicted octanol–water partition coefficient (Wildman–Crippen LogP) is 2.08. The van der Waals surface area contributed by atoms with Gasteiger partial charge in [-0.25, -0.2) is 0 Å². The number of hydrogen-bond acceptors (Lipinski definition) is 10. The molecule has 6 N–H and O–H groups in total. The quantitative estimate of drug-likeness (QED) is 0.306. The minimum Gasteiger partial charge on any atom is -0.510 e. The van der Waals surface area contributed by atoms with Crippen LogP contribution in [0.15, 0.2) is 34.8 Å². The van der Waals surface area contributed by atoms with Crippen molar-refractivity contribution in [1.29, 1.82) is 0 Å². The smallest absolute Gasteiger partial charge is 0.391 e. The fraction of sp³-hybridized carbons (Fsp3) is 0.567. The fourth-order valence-electron chi connectivity index (χ4n) is 7.71. The first-order valence-electron chi connectivity index (χ1n) is 14.3. The average molecular weight is 624 g/mol. The van der Waals surface area contributed by atoms with Gasteiger partial charge in [0.1, 0.15) is 22.8 Å². The number of amides is 1. The number of nitrogens with zero attached hydrogens (tertiary/aromatic N) is 2. The number of Topliss-reactive ketones (excluding diaryl/α,β-unsaturated/α-hetero) is 2. The van der Waals surface area contributed by atoms with Crippen LogP contribution in [0.5, 0.6) is 5.75 Å². The molecule has 11 nitrogen and oxygen atoms in total. The van der Waals surface area contributed by atoms with Crippen LogP contribution in [-0.4, -0.2) is 106 Å². The number of fused-ring (bicyclic) bond motifs is 3. The van der Waals surface area contributed by atoms with Crippen LogP contribution >= 0.6 is 0 Å². The SMILES string of the molecule is CO[C@H]1C2C(=C(O)[C@]3(O)C(=O)C(C(N)=O)=C(O)[C@@H](N(C)C)C13)C(=O)c1c(ccc(CN3CCC(C(F)(F)F)CC3)c1O)[C@@H]2C. The Bertz CT molecular complexity index is 1480. The number of carbonyl (C=O) groups excluding carboxylic acids is 3. The second-order valence-corrected chi connectivity index (χ2v) is 12.4. The van der Waals surface area contributed by atoms with Gasteiger partial charge in [0.15, 0.2) is 11.4 Å². The third-order valence-electron chi connectivity index (χ3n) is 9.90. The highest BCUT2D eigenvalue weighted by molar-refractivity contribution is 6.25. The van der Waals surface area contributed by atoms with Crippen molar-refractivity contribution in [3.8, 4) is 5.75 Å². The molecule has 0 spiro atoms. The maximum absolute atomic E-state index is 14.1. The lowest BCUT2D eigenvalue weighted by Crippen LogP contribution is -2.68. The summed E-state index contributed by atoms with van der Waals surface area (Å²) in [5, 5.41) is 46.0. The molecule has 3 aliphatic carbocycles. The first kappa shape index (κ1) is 31.9. The van der Waals surface area contributed by atoms with E-state index in [9.17, 15) is 48.0 Å². The van der Waals surface area contributed by atoms with Gasteiger partial charge in [0.25, 0.3) is 5.91 Å². The van der Waals surface area contributed by atoms with Gasteiger partial charge < -0.3 is 30.9 Å². The lowest BCUT2D eigenvalue weighted by Gasteiger charge is -2.54. The summed E-state index contributed by atoms with van der Waals surface area (Å²) in [4.78, 5) is 43.2. The molecule has 1 aromatic rings. The number of aromatic hydroxyl groups is 1. The lowest BCUT2D eigenvalue weighted by molar-refractivity contribution is -0.185. The van der Waals surface area contributed by atoms with Gasteiger partial charge in [0.2, 0.25) is 5.78 Å². The van der Waals surface area contributed by atoms with Crippen molar-refractivity contribution in [1.82, 2.24) is 9.80 Å². The van der Waals surface area contributed by atoms with Gasteiger partial charge in [0.05, 0.1) is 29.5 Å². The van der Waals surface area contributed by atoms with E-state index in [0.717, 1.165) is 0 Å². The van der Waals surface area contributed by atoms with E-state index >= 15 is 0 Å². The molecule has 1 fully saturated rings. The number of hydrogen-bond donors (Lipinski definition) is 5. The number of phenolic OH excluding ortho intramolecular Hbond substituents is 1. The average Bonchev–Trinajstić information content (AvgIpc) is 2.94. The van der Waals surface area contributed by atoms with E-state index in [1.807, 2.05) is 0 Å². The number of halogens is 3. The molecule has 44 heavy (non-hydrogen) atoms. The van der Waals surface area contributed by atoms with Crippen LogP contribution < -0.4 is 5.73 Å². The third-order valence-corrected chi connectivity index (χ3v) is 9.90. The normalized spacial score (nSPS) is 31.7. The van der Waals surface area contributed by atoms with Gasteiger partial charge in [-0.2, -0.15) is 13.2 Å². The van der Waals surface area contributed by atoms with Crippen molar-refractivity contribution in [2.24, 2.45) is 23.5 Å². The standard InChI is InChI=1S/C30H36F3N3O8/c1-12-15-6-5-13(11-36-9-7-14(8-10-36)30(31,32)33)22(37)17(15)23(38)18-16(12)25(44-4)20-21(35(2)3)24(39)19(28(34)42)27(41)29(20,43)26(18)40/h5-6,12,14,16,20-21,25,37,39-40,43H,7-11H2,1-4H3,(H2,34,42)/t12-,16?,20?,21-,25-,29-/m0/s1. The van der Waals surface area contributed by atoms with E-state index in [0.29, 0.717) is 5.56 Å². The summed E-state index contributed by atoms with van der Waals surface area (Å²) < 4.78 is 45.2. The number of phenols is 1. The van der Waals surface area contributed by atoms with Gasteiger partial charge in [0, 0.05) is 30.7 Å². The highest BCUT2D eigenvalue weighted by atomic mass is 19.4. The number of likely N-dealkylation sites (tertiary alicyclic amines) is 1. The van der Waals surface area contributed by atoms with Crippen molar-refractivity contribution in [3.05, 3.63) is 51.5 Å². The summed E-state index contributed by atoms with van der Waals surface area (Å²) >= 11 is 0. The maximum Gasteiger partial charge on any atom is 0.391 e. The summed E-state index contributed by atoms with van der Waals surface area (Å²) in [6.45, 7) is 2.07. The zero-order valence-electron chi connectivity index (χ0n) is 24.7. The number of carbonyl (C=O) groups is 3. The number of piperidine rings is 1. The van der Waals surface area contributed by atoms with Crippen LogP contribution in [0, 0.1) is 17.8 Å². The molecule has 14 heteroatoms. The Morgan fingerprint density at radius 3 is 2.30 bits per heavy atom. The molecular weight excluding hydrogens is 587 g/mol. The third kappa shape index (κ3) is 4.53. The number of likely N-dealkylation sites (N-methyl/N-ethyl adjacent to an activating group) is 1. The van der Waals surface area contributed by atoms with Crippen LogP contribution in [-0.2, 0) is 20.9 Å². The number of ketones is 2. The molecular formula is C30H36F3N3O8. The van der Waals surface area contributed by atoms with E-state index < -0.39 is 87.9 Å². The number of benzene rings is 1. The Balaban J connectivity index is 1.60. The number of rotatable bonds is 5. The number of primary amides is 1. The molecule has 1 heterocycles. The fourth-order valence-corrected chi connectivity index (χ4v) is 7.71. The van der Waals surface area contributed by atoms with Crippen LogP contribution in [0.3, 0.4) is 0 Å². The summed E-state index contributed by atoms with van der Waals surface area (Å²) in [7, 11) is 4.34. The molecule has 0 bridgehead atoms. The molecule has 1 saturated heterocycles. The molecule has 4 aliphatic rings. The van der Waals surface area contributed by atoms with Gasteiger partial charge >= 0.3 is 6.18 Å². The first-order chi connectivity index (χ1) is 20.5. The van der Waals surface area contributed by atoms with Crippen molar-refractivity contribution in [3.63, 3.8) is 0 Å². The molecule has 240 valence electrons. The number of aliphatic hydroxyl groups excluding tert-OH is 2. The Morgan fingerprint density at radius 1 is 1.16 bits per heavy atom. The van der Waals surface area contributed by atoms with Crippen molar-refractivity contribution < 1.29 is 52.7 Å². The van der Waals surface area contributed by atoms with Crippen LogP contribution in [0.1, 0.15) is 47.2 Å². The highest BCUT2D eigenvalue weighted by Gasteiger charge is 2.67. The van der Waals surface area contributed by atoms with E-state index in [1.165, 1.54) is 26.1 Å². The summed E-state index contributed by atoms with van der Waals surface area (Å²) in [6, 6.07) is 2.01. The largest absolute Gasteiger partial charge is 0.510 e. The molecule has 1 amide bonds. The van der Waals surface area contributed by atoms with Crippen LogP contribution in [0.25, 0.3) is 0 Å². The van der Waals surface area contributed by atoms with Gasteiger partial charge in [-0.15, -0.1) is 0 Å². The lowest BCUT2D eigenvalue weighted by atomic mass is 9.55. The number of methoxy groups -OCH3 is 1. The van der Waals surface area contributed by atoms with E-state index in [1.54, 1.807) is 24.0 Å². The molecule has 0 radical (unpaired) electrons. The zero-order chi connectivity index (χ0) is 32.6. The number of aliphatic hydroxyl groups is 3. The molecule has 6 atom stereocenters. The second kappa shape index (κ2) is 10.9. The number of ether oxygens (including phenoxy) is 1. The van der Waals surface area contributed by atoms with E-state index in [2.05, 4.69) is 0 Å². The summed E-state index contributed by atoms with van der Waals surface area (Å²) in [5.74, 6) is -10.1. The number of alkyl halides is 3. The molecule has 1 aliphatic heterocycles. The summed E-state index contributed by atoms with van der Waals surface area (Å²) in [5.41, 5.74) is 1.73. The molecule has 0 saturated carbocycles. The van der Waals surface area contributed by atoms with Gasteiger partial charge in [-0.3, -0.25) is 24.2 Å². The molecule has 0 aromatic heterocycles.